The Balaban J connectivity index is 1.57. The monoisotopic (exact) mass is 371 g/mol. The molecular formula is C19H18FN3O4. The van der Waals surface area contributed by atoms with Crippen LogP contribution in [-0.4, -0.2) is 36.9 Å². The summed E-state index contributed by atoms with van der Waals surface area (Å²) in [7, 11) is 3.04. The molecule has 0 radical (unpaired) electrons. The molecule has 140 valence electrons. The Morgan fingerprint density at radius 1 is 1.07 bits per heavy atom. The summed E-state index contributed by atoms with van der Waals surface area (Å²) in [4.78, 5) is 12.3. The molecule has 0 saturated heterocycles. The Bertz CT molecular complexity index is 925. The molecule has 0 atom stereocenters. The number of carbonyl (C=O) groups excluding carboxylic acids is 1. The maximum Gasteiger partial charge on any atom is 0.251 e. The van der Waals surface area contributed by atoms with Gasteiger partial charge >= 0.3 is 0 Å². The van der Waals surface area contributed by atoms with E-state index in [0.29, 0.717) is 47.4 Å². The highest BCUT2D eigenvalue weighted by atomic mass is 19.1. The zero-order valence-electron chi connectivity index (χ0n) is 14.9. The fourth-order valence-electron chi connectivity index (χ4n) is 2.43. The Morgan fingerprint density at radius 2 is 1.81 bits per heavy atom. The summed E-state index contributed by atoms with van der Waals surface area (Å²) in [5.41, 5.74) is 1.08. The molecule has 0 unspecified atom stereocenters. The predicted molar refractivity (Wildman–Crippen MR) is 95.3 cm³/mol. The van der Waals surface area contributed by atoms with Crippen molar-refractivity contribution in [2.24, 2.45) is 0 Å². The number of methoxy groups -OCH3 is 2. The molecule has 0 aliphatic carbocycles. The topological polar surface area (TPSA) is 86.5 Å². The van der Waals surface area contributed by atoms with E-state index in [0.717, 1.165) is 0 Å². The molecule has 3 rings (SSSR count). The maximum absolute atomic E-state index is 13.0. The molecule has 1 amide bonds. The first-order valence-corrected chi connectivity index (χ1v) is 8.19. The minimum atomic E-state index is -0.337. The van der Waals surface area contributed by atoms with Gasteiger partial charge in [-0.05, 0) is 42.5 Å². The van der Waals surface area contributed by atoms with Crippen LogP contribution in [-0.2, 0) is 6.42 Å². The summed E-state index contributed by atoms with van der Waals surface area (Å²) in [5, 5.41) is 10.6. The number of carbonyl (C=O) groups is 1. The largest absolute Gasteiger partial charge is 0.493 e. The first kappa shape index (κ1) is 18.4. The van der Waals surface area contributed by atoms with E-state index in [4.69, 9.17) is 13.9 Å². The van der Waals surface area contributed by atoms with Crippen molar-refractivity contribution in [1.29, 1.82) is 0 Å². The van der Waals surface area contributed by atoms with Crippen LogP contribution in [0.15, 0.2) is 46.9 Å². The lowest BCUT2D eigenvalue weighted by Gasteiger charge is -2.09. The van der Waals surface area contributed by atoms with Gasteiger partial charge in [0.2, 0.25) is 11.8 Å². The van der Waals surface area contributed by atoms with Gasteiger partial charge in [0.15, 0.2) is 11.5 Å². The third-order valence-electron chi connectivity index (χ3n) is 3.83. The van der Waals surface area contributed by atoms with E-state index in [-0.39, 0.29) is 11.7 Å². The van der Waals surface area contributed by atoms with E-state index in [1.165, 1.54) is 26.4 Å². The summed E-state index contributed by atoms with van der Waals surface area (Å²) in [6.07, 6.45) is 0.368. The van der Waals surface area contributed by atoms with E-state index in [1.54, 1.807) is 30.3 Å². The van der Waals surface area contributed by atoms with E-state index in [9.17, 15) is 9.18 Å². The number of halogens is 1. The molecule has 3 aromatic rings. The average Bonchev–Trinajstić information content (AvgIpc) is 3.16. The molecule has 8 heteroatoms. The molecule has 1 N–H and O–H groups in total. The van der Waals surface area contributed by atoms with E-state index in [1.807, 2.05) is 0 Å². The maximum atomic E-state index is 13.0. The van der Waals surface area contributed by atoms with E-state index < -0.39 is 0 Å². The number of aromatic nitrogens is 2. The smallest absolute Gasteiger partial charge is 0.251 e. The van der Waals surface area contributed by atoms with Crippen LogP contribution in [0, 0.1) is 5.82 Å². The van der Waals surface area contributed by atoms with Crippen LogP contribution >= 0.6 is 0 Å². The molecule has 0 aliphatic heterocycles. The number of nitrogens with one attached hydrogen (secondary N) is 1. The van der Waals surface area contributed by atoms with Gasteiger partial charge in [-0.15, -0.1) is 10.2 Å². The highest BCUT2D eigenvalue weighted by Crippen LogP contribution is 2.27. The van der Waals surface area contributed by atoms with Gasteiger partial charge in [-0.1, -0.05) is 0 Å². The average molecular weight is 371 g/mol. The second-order valence-corrected chi connectivity index (χ2v) is 5.58. The molecule has 0 bridgehead atoms. The standard InChI is InChI=1S/C19H18FN3O4/c1-25-15-8-5-13(11-16(15)26-2)18(24)21-10-9-17-22-23-19(27-17)12-3-6-14(20)7-4-12/h3-8,11H,9-10H2,1-2H3,(H,21,24). The molecule has 0 aliphatic rings. The number of amides is 1. The quantitative estimate of drug-likeness (QED) is 0.687. The second-order valence-electron chi connectivity index (χ2n) is 5.58. The zero-order valence-corrected chi connectivity index (χ0v) is 14.9. The van der Waals surface area contributed by atoms with Gasteiger partial charge in [-0.25, -0.2) is 4.39 Å². The molecule has 27 heavy (non-hydrogen) atoms. The minimum absolute atomic E-state index is 0.255. The molecular weight excluding hydrogens is 353 g/mol. The Labute approximate surface area is 155 Å². The molecule has 1 aromatic heterocycles. The van der Waals surface area contributed by atoms with Crippen LogP contribution in [0.4, 0.5) is 4.39 Å². The molecule has 2 aromatic carbocycles. The highest BCUT2D eigenvalue weighted by molar-refractivity contribution is 5.94. The Hall–Kier alpha value is -3.42. The normalized spacial score (nSPS) is 10.5. The van der Waals surface area contributed by atoms with Gasteiger partial charge in [0.25, 0.3) is 5.91 Å². The van der Waals surface area contributed by atoms with Crippen molar-refractivity contribution in [2.75, 3.05) is 20.8 Å². The van der Waals surface area contributed by atoms with Crippen molar-refractivity contribution in [3.63, 3.8) is 0 Å². The second kappa shape index (κ2) is 8.31. The summed E-state index contributed by atoms with van der Waals surface area (Å²) in [6.45, 7) is 0.318. The van der Waals surface area contributed by atoms with Crippen LogP contribution in [0.25, 0.3) is 11.5 Å². The highest BCUT2D eigenvalue weighted by Gasteiger charge is 2.12. The van der Waals surface area contributed by atoms with Gasteiger partial charge < -0.3 is 19.2 Å². The number of hydrogen-bond acceptors (Lipinski definition) is 6. The minimum Gasteiger partial charge on any atom is -0.493 e. The predicted octanol–water partition coefficient (Wildman–Crippen LogP) is 2.87. The lowest BCUT2D eigenvalue weighted by Crippen LogP contribution is -2.25. The summed E-state index contributed by atoms with van der Waals surface area (Å²) in [5.74, 6) is 1.11. The van der Waals surface area contributed by atoms with E-state index in [2.05, 4.69) is 15.5 Å². The van der Waals surface area contributed by atoms with Crippen LogP contribution in [0.5, 0.6) is 11.5 Å². The number of nitrogens with zero attached hydrogens (tertiary/aromatic N) is 2. The number of ether oxygens (including phenoxy) is 2. The van der Waals surface area contributed by atoms with Crippen molar-refractivity contribution in [3.8, 4) is 23.0 Å². The van der Waals surface area contributed by atoms with Crippen LogP contribution in [0.2, 0.25) is 0 Å². The summed E-state index contributed by atoms with van der Waals surface area (Å²) >= 11 is 0. The Kier molecular flexibility index (Phi) is 5.65. The SMILES string of the molecule is COc1ccc(C(=O)NCCc2nnc(-c3ccc(F)cc3)o2)cc1OC. The van der Waals surface area contributed by atoms with E-state index >= 15 is 0 Å². The van der Waals surface area contributed by atoms with Crippen LogP contribution in [0.3, 0.4) is 0 Å². The third-order valence-corrected chi connectivity index (χ3v) is 3.83. The third kappa shape index (κ3) is 4.41. The van der Waals surface area contributed by atoms with Crippen LogP contribution < -0.4 is 14.8 Å². The van der Waals surface area contributed by atoms with Gasteiger partial charge in [0.05, 0.1) is 14.2 Å². The van der Waals surface area contributed by atoms with Crippen molar-refractivity contribution < 1.29 is 23.1 Å². The molecule has 0 saturated carbocycles. The molecule has 0 fully saturated rings. The molecule has 0 spiro atoms. The van der Waals surface area contributed by atoms with Gasteiger partial charge in [-0.2, -0.15) is 0 Å². The molecule has 7 nitrogen and oxygen atoms in total. The number of hydrogen-bond donors (Lipinski definition) is 1. The fourth-order valence-corrected chi connectivity index (χ4v) is 2.43. The van der Waals surface area contributed by atoms with Crippen LogP contribution in [0.1, 0.15) is 16.2 Å². The lowest BCUT2D eigenvalue weighted by atomic mass is 10.2. The number of benzene rings is 2. The molecule has 1 heterocycles. The number of rotatable bonds is 7. The van der Waals surface area contributed by atoms with Crippen molar-refractivity contribution >= 4 is 5.91 Å². The zero-order chi connectivity index (χ0) is 19.2. The van der Waals surface area contributed by atoms with Gasteiger partial charge in [-0.3, -0.25) is 4.79 Å². The fraction of sp³-hybridized carbons (Fsp3) is 0.211. The Morgan fingerprint density at radius 3 is 2.52 bits per heavy atom. The first-order chi connectivity index (χ1) is 13.1. The van der Waals surface area contributed by atoms with Crippen molar-refractivity contribution in [2.45, 2.75) is 6.42 Å². The van der Waals surface area contributed by atoms with Gasteiger partial charge in [0, 0.05) is 24.1 Å². The van der Waals surface area contributed by atoms with Crippen molar-refractivity contribution in [1.82, 2.24) is 15.5 Å². The van der Waals surface area contributed by atoms with Gasteiger partial charge in [0.1, 0.15) is 5.82 Å². The lowest BCUT2D eigenvalue weighted by molar-refractivity contribution is 0.0953. The first-order valence-electron chi connectivity index (χ1n) is 8.19. The van der Waals surface area contributed by atoms with Crippen molar-refractivity contribution in [3.05, 3.63) is 59.7 Å². The summed E-state index contributed by atoms with van der Waals surface area (Å²) in [6, 6.07) is 10.7. The summed E-state index contributed by atoms with van der Waals surface area (Å²) < 4.78 is 28.8.